The highest BCUT2D eigenvalue weighted by molar-refractivity contribution is 7.91. The summed E-state index contributed by atoms with van der Waals surface area (Å²) in [6.45, 7) is 1.78. The van der Waals surface area contributed by atoms with Gasteiger partial charge in [0.2, 0.25) is 5.78 Å². The largest absolute Gasteiger partial charge is 0.391 e. The number of halogens is 3. The van der Waals surface area contributed by atoms with E-state index < -0.39 is 27.8 Å². The van der Waals surface area contributed by atoms with Crippen LogP contribution in [0.15, 0.2) is 47.4 Å². The number of amides is 1. The van der Waals surface area contributed by atoms with Crippen molar-refractivity contribution in [1.82, 2.24) is 14.9 Å². The van der Waals surface area contributed by atoms with Gasteiger partial charge >= 0.3 is 6.18 Å². The Morgan fingerprint density at radius 2 is 1.67 bits per heavy atom. The summed E-state index contributed by atoms with van der Waals surface area (Å²) in [4.78, 5) is 31.1. The molecule has 2 fully saturated rings. The fraction of sp³-hybridized carbons (Fsp3) is 0.464. The number of nitrogens with one attached hydrogen (secondary N) is 1. The molecule has 1 N–H and O–H groups in total. The van der Waals surface area contributed by atoms with Gasteiger partial charge in [-0.05, 0) is 74.4 Å². The standard InChI is InChI=1S/C28H30F3N3O4S/c1-2-39(37,38)22-12-3-17(4-13-22)16-32-27(36)19-7-14-24-23(15-19)33-26(34(24)21-10-11-21)25(35)18-5-8-20(9-6-18)28(29,30)31/h3-4,7,12-15,18,20-21H,2,5-6,8-11,16H2,1H3,(H,32,36). The molecule has 0 spiro atoms. The Hall–Kier alpha value is -3.21. The fourth-order valence-corrected chi connectivity index (χ4v) is 6.13. The average Bonchev–Trinajstić information content (AvgIpc) is 3.70. The highest BCUT2D eigenvalue weighted by Crippen LogP contribution is 2.42. The number of rotatable bonds is 8. The van der Waals surface area contributed by atoms with Crippen molar-refractivity contribution in [2.24, 2.45) is 11.8 Å². The molecule has 1 aromatic heterocycles. The topological polar surface area (TPSA) is 98.1 Å². The van der Waals surface area contributed by atoms with Crippen molar-refractivity contribution < 1.29 is 31.2 Å². The molecule has 0 atom stereocenters. The number of fused-ring (bicyclic) bond motifs is 1. The third kappa shape index (κ3) is 5.73. The van der Waals surface area contributed by atoms with Crippen LogP contribution in [-0.4, -0.2) is 41.6 Å². The summed E-state index contributed by atoms with van der Waals surface area (Å²) in [5, 5.41) is 2.82. The minimum Gasteiger partial charge on any atom is -0.348 e. The Kier molecular flexibility index (Phi) is 7.30. The van der Waals surface area contributed by atoms with Gasteiger partial charge < -0.3 is 9.88 Å². The molecule has 1 amide bonds. The summed E-state index contributed by atoms with van der Waals surface area (Å²) in [6, 6.07) is 11.5. The maximum absolute atomic E-state index is 13.4. The molecule has 7 nitrogen and oxygen atoms in total. The zero-order valence-electron chi connectivity index (χ0n) is 21.5. The predicted octanol–water partition coefficient (Wildman–Crippen LogP) is 5.65. The van der Waals surface area contributed by atoms with Crippen molar-refractivity contribution in [2.75, 3.05) is 5.75 Å². The molecule has 1 heterocycles. The molecule has 0 unspecified atom stereocenters. The van der Waals surface area contributed by atoms with E-state index in [0.29, 0.717) is 11.1 Å². The second-order valence-electron chi connectivity index (χ2n) is 10.4. The van der Waals surface area contributed by atoms with E-state index in [2.05, 4.69) is 10.3 Å². The van der Waals surface area contributed by atoms with E-state index in [0.717, 1.165) is 23.9 Å². The van der Waals surface area contributed by atoms with E-state index in [1.807, 2.05) is 4.57 Å². The quantitative estimate of drug-likeness (QED) is 0.359. The maximum Gasteiger partial charge on any atom is 0.391 e. The maximum atomic E-state index is 13.4. The molecule has 39 heavy (non-hydrogen) atoms. The number of hydrogen-bond acceptors (Lipinski definition) is 5. The van der Waals surface area contributed by atoms with E-state index in [-0.39, 0.29) is 66.4 Å². The number of Topliss-reactive ketones (excluding diaryl/α,β-unsaturated/α-hetero) is 1. The fourth-order valence-electron chi connectivity index (χ4n) is 5.25. The molecule has 3 aromatic rings. The lowest BCUT2D eigenvalue weighted by atomic mass is 9.79. The van der Waals surface area contributed by atoms with Crippen LogP contribution in [0, 0.1) is 11.8 Å². The van der Waals surface area contributed by atoms with Gasteiger partial charge in [0.15, 0.2) is 15.7 Å². The second kappa shape index (κ2) is 10.4. The first-order chi connectivity index (χ1) is 18.5. The van der Waals surface area contributed by atoms with Crippen molar-refractivity contribution >= 4 is 32.6 Å². The van der Waals surface area contributed by atoms with Crippen LogP contribution >= 0.6 is 0 Å². The van der Waals surface area contributed by atoms with Crippen LogP contribution < -0.4 is 5.32 Å². The zero-order valence-corrected chi connectivity index (χ0v) is 22.3. The third-order valence-corrected chi connectivity index (χ3v) is 9.51. The summed E-state index contributed by atoms with van der Waals surface area (Å²) < 4.78 is 65.1. The normalized spacial score (nSPS) is 20.2. The molecular formula is C28H30F3N3O4S. The lowest BCUT2D eigenvalue weighted by Gasteiger charge is -2.28. The monoisotopic (exact) mass is 561 g/mol. The number of ketones is 1. The highest BCUT2D eigenvalue weighted by Gasteiger charge is 2.43. The van der Waals surface area contributed by atoms with Crippen molar-refractivity contribution in [3.8, 4) is 0 Å². The van der Waals surface area contributed by atoms with Gasteiger partial charge in [-0.1, -0.05) is 19.1 Å². The molecule has 2 aliphatic rings. The number of hydrogen-bond donors (Lipinski definition) is 1. The number of carbonyl (C=O) groups is 2. The Bertz CT molecular complexity index is 1500. The molecule has 2 saturated carbocycles. The minimum atomic E-state index is -4.23. The third-order valence-electron chi connectivity index (χ3n) is 7.76. The molecule has 0 radical (unpaired) electrons. The van der Waals surface area contributed by atoms with E-state index in [1.165, 1.54) is 12.1 Å². The van der Waals surface area contributed by atoms with E-state index in [1.54, 1.807) is 37.3 Å². The van der Waals surface area contributed by atoms with Crippen LogP contribution in [0.3, 0.4) is 0 Å². The zero-order chi connectivity index (χ0) is 27.9. The second-order valence-corrected chi connectivity index (χ2v) is 12.7. The van der Waals surface area contributed by atoms with Crippen molar-refractivity contribution in [3.05, 3.63) is 59.4 Å². The van der Waals surface area contributed by atoms with Crippen LogP contribution in [-0.2, 0) is 16.4 Å². The van der Waals surface area contributed by atoms with Crippen molar-refractivity contribution in [3.63, 3.8) is 0 Å². The number of benzene rings is 2. The predicted molar refractivity (Wildman–Crippen MR) is 139 cm³/mol. The Labute approximate surface area is 224 Å². The van der Waals surface area contributed by atoms with E-state index in [9.17, 15) is 31.2 Å². The lowest BCUT2D eigenvalue weighted by molar-refractivity contribution is -0.183. The Balaban J connectivity index is 1.31. The smallest absolute Gasteiger partial charge is 0.348 e. The number of nitrogens with zero attached hydrogens (tertiary/aromatic N) is 2. The summed E-state index contributed by atoms with van der Waals surface area (Å²) in [5.41, 5.74) is 2.33. The summed E-state index contributed by atoms with van der Waals surface area (Å²) in [6.07, 6.45) is -2.16. The van der Waals surface area contributed by atoms with Gasteiger partial charge in [0.05, 0.1) is 27.6 Å². The van der Waals surface area contributed by atoms with Gasteiger partial charge in [-0.15, -0.1) is 0 Å². The number of carbonyl (C=O) groups excluding carboxylic acids is 2. The average molecular weight is 562 g/mol. The first-order valence-electron chi connectivity index (χ1n) is 13.2. The van der Waals surface area contributed by atoms with Crippen LogP contribution in [0.25, 0.3) is 11.0 Å². The van der Waals surface area contributed by atoms with E-state index >= 15 is 0 Å². The van der Waals surface area contributed by atoms with Gasteiger partial charge in [-0.2, -0.15) is 13.2 Å². The number of sulfone groups is 1. The van der Waals surface area contributed by atoms with Crippen LogP contribution in [0.5, 0.6) is 0 Å². The van der Waals surface area contributed by atoms with Crippen molar-refractivity contribution in [2.45, 2.75) is 69.1 Å². The SMILES string of the molecule is CCS(=O)(=O)c1ccc(CNC(=O)c2ccc3c(c2)nc(C(=O)C2CCC(C(F)(F)F)CC2)n3C2CC2)cc1. The summed E-state index contributed by atoms with van der Waals surface area (Å²) in [7, 11) is -3.30. The van der Waals surface area contributed by atoms with Gasteiger partial charge in [0.25, 0.3) is 5.91 Å². The molecule has 2 aliphatic carbocycles. The van der Waals surface area contributed by atoms with E-state index in [4.69, 9.17) is 0 Å². The molecule has 0 saturated heterocycles. The first-order valence-corrected chi connectivity index (χ1v) is 14.9. The van der Waals surface area contributed by atoms with Gasteiger partial charge in [-0.3, -0.25) is 9.59 Å². The van der Waals surface area contributed by atoms with Gasteiger partial charge in [0.1, 0.15) is 0 Å². The van der Waals surface area contributed by atoms with Gasteiger partial charge in [0, 0.05) is 24.1 Å². The minimum absolute atomic E-state index is 0.00849. The lowest BCUT2D eigenvalue weighted by Crippen LogP contribution is -2.31. The van der Waals surface area contributed by atoms with Crippen molar-refractivity contribution in [1.29, 1.82) is 0 Å². The van der Waals surface area contributed by atoms with Crippen LogP contribution in [0.2, 0.25) is 0 Å². The molecule has 5 rings (SSSR count). The Morgan fingerprint density at radius 1 is 1.00 bits per heavy atom. The van der Waals surface area contributed by atoms with Gasteiger partial charge in [-0.25, -0.2) is 13.4 Å². The highest BCUT2D eigenvalue weighted by atomic mass is 32.2. The molecule has 0 bridgehead atoms. The van der Waals surface area contributed by atoms with Crippen LogP contribution in [0.1, 0.15) is 78.0 Å². The number of alkyl halides is 3. The van der Waals surface area contributed by atoms with Crippen LogP contribution in [0.4, 0.5) is 13.2 Å². The first kappa shape index (κ1) is 27.4. The molecular weight excluding hydrogens is 531 g/mol. The molecule has 208 valence electrons. The molecule has 2 aromatic carbocycles. The Morgan fingerprint density at radius 3 is 2.26 bits per heavy atom. The summed E-state index contributed by atoms with van der Waals surface area (Å²) >= 11 is 0. The molecule has 0 aliphatic heterocycles. The number of aromatic nitrogens is 2. The summed E-state index contributed by atoms with van der Waals surface area (Å²) in [5.74, 6) is -2.14. The molecule has 11 heteroatoms. The number of imidazole rings is 1.